The quantitative estimate of drug-likeness (QED) is 0.0153. The zero-order valence-corrected chi connectivity index (χ0v) is 61.4. The van der Waals surface area contributed by atoms with Crippen LogP contribution in [0.1, 0.15) is 270 Å². The van der Waals surface area contributed by atoms with Crippen LogP contribution in [0.15, 0.2) is 12.7 Å². The van der Waals surface area contributed by atoms with Gasteiger partial charge in [0.15, 0.2) is 29.9 Å². The van der Waals surface area contributed by atoms with E-state index < -0.39 is 137 Å². The summed E-state index contributed by atoms with van der Waals surface area (Å²) >= 11 is 0. The Balaban J connectivity index is 2.44. The maximum Gasteiger partial charge on any atom is 0.217 e. The molecule has 1 saturated carbocycles. The summed E-state index contributed by atoms with van der Waals surface area (Å²) in [6.45, 7) is 32.5. The number of ketones is 3. The predicted molar refractivity (Wildman–Crippen MR) is 377 cm³/mol. The lowest BCUT2D eigenvalue weighted by Crippen LogP contribution is -2.72. The molecule has 17 unspecified atom stereocenters. The molecule has 3 aliphatic rings. The van der Waals surface area contributed by atoms with Gasteiger partial charge in [0.25, 0.3) is 0 Å². The number of rotatable bonds is 52. The summed E-state index contributed by atoms with van der Waals surface area (Å²) < 4.78 is 29.1. The number of aliphatic hydroxyl groups excluding tert-OH is 4. The third kappa shape index (κ3) is 20.5. The standard InChI is InChI=1S/C74H140N8O12/c1-16-37-69(14,38-17-2)60-57(47-83)91-67(94-74(42-21-6,49(11)12)73(41-20-5,51-35-36-51)61-58(48-84)92-68(62(64(61)88)80-50(13)85)93-70(15,22-7)39-18-3)59(63(60)87)53(79)46-56(86)54(33-27-30-44-76)81-72(25-10,40-19-4)66(90)55(34-28-31-45-77)82-71(23-8,24-9)65(89)52(78)32-26-29-43-75/h25,49,51-52,54-55,57-64,67-68,79,81-84,87-88H,10,16-24,26-48,75-78H2,1-9,11-15H3,(H,80,85). The Labute approximate surface area is 569 Å². The first kappa shape index (κ1) is 85.6. The maximum atomic E-state index is 15.9. The summed E-state index contributed by atoms with van der Waals surface area (Å²) in [7, 11) is 0. The SMILES string of the molecule is C=CC(CCC)(NC(CCCCN)C(=O)CC(=N)C1C(OC(CCC)(C(C)C)C(CCC)(C2CC2)C2C(CO)OC(OC(C)(CC)CCC)C(NC(C)=O)C2O)OC(CO)C(C(C)(CCC)CCC)C1O)C(=O)C(CCCCN)NC(CC)(CC)C(=O)C(N)CCCCN. The van der Waals surface area contributed by atoms with E-state index in [1.807, 2.05) is 34.6 Å². The Morgan fingerprint density at radius 2 is 1.16 bits per heavy atom. The number of ether oxygens (including phenoxy) is 4. The van der Waals surface area contributed by atoms with Crippen LogP contribution in [0.3, 0.4) is 0 Å². The van der Waals surface area contributed by atoms with Gasteiger partial charge in [-0.25, -0.2) is 0 Å². The first-order valence-electron chi connectivity index (χ1n) is 37.4. The van der Waals surface area contributed by atoms with Crippen molar-refractivity contribution in [2.45, 2.75) is 354 Å². The van der Waals surface area contributed by atoms with Gasteiger partial charge in [0.2, 0.25) is 5.91 Å². The minimum Gasteiger partial charge on any atom is -0.394 e. The van der Waals surface area contributed by atoms with Crippen LogP contribution >= 0.6 is 0 Å². The van der Waals surface area contributed by atoms with E-state index in [1.165, 1.54) is 6.92 Å². The van der Waals surface area contributed by atoms with Gasteiger partial charge >= 0.3 is 0 Å². The molecule has 17 atom stereocenters. The Morgan fingerprint density at radius 3 is 1.62 bits per heavy atom. The third-order valence-electron chi connectivity index (χ3n) is 22.5. The van der Waals surface area contributed by atoms with E-state index in [0.29, 0.717) is 135 Å². The highest BCUT2D eigenvalue weighted by Gasteiger charge is 2.70. The molecule has 2 saturated heterocycles. The predicted octanol–water partition coefficient (Wildman–Crippen LogP) is 9.53. The summed E-state index contributed by atoms with van der Waals surface area (Å²) in [4.78, 5) is 59.6. The molecule has 0 bridgehead atoms. The monoisotopic (exact) mass is 1330 g/mol. The normalized spacial score (nSPS) is 26.5. The fourth-order valence-electron chi connectivity index (χ4n) is 17.6. The first-order valence-corrected chi connectivity index (χ1v) is 37.4. The van der Waals surface area contributed by atoms with E-state index in [1.54, 1.807) is 6.08 Å². The molecule has 1 aliphatic carbocycles. The molecule has 2 heterocycles. The molecular weight excluding hydrogens is 1190 g/mol. The number of unbranched alkanes of at least 4 members (excludes halogenated alkanes) is 3. The molecule has 94 heavy (non-hydrogen) atoms. The Hall–Kier alpha value is -2.67. The molecule has 3 fully saturated rings. The van der Waals surface area contributed by atoms with Gasteiger partial charge in [-0.1, -0.05) is 147 Å². The minimum absolute atomic E-state index is 0.0846. The molecular formula is C74H140N8O12. The zero-order chi connectivity index (χ0) is 70.8. The number of nitrogens with one attached hydrogen (secondary N) is 4. The van der Waals surface area contributed by atoms with Crippen LogP contribution in [0, 0.1) is 45.8 Å². The van der Waals surface area contributed by atoms with Crippen molar-refractivity contribution in [3.8, 4) is 0 Å². The summed E-state index contributed by atoms with van der Waals surface area (Å²) in [5.74, 6) is -4.52. The van der Waals surface area contributed by atoms with E-state index in [9.17, 15) is 35.4 Å². The number of hydrogen-bond donors (Lipinski definition) is 12. The third-order valence-corrected chi connectivity index (χ3v) is 22.5. The second kappa shape index (κ2) is 40.5. The molecule has 20 heteroatoms. The molecule has 0 aromatic heterocycles. The topological polar surface area (TPSA) is 350 Å². The van der Waals surface area contributed by atoms with E-state index in [4.69, 9.17) is 41.9 Å². The van der Waals surface area contributed by atoms with E-state index in [2.05, 4.69) is 77.9 Å². The van der Waals surface area contributed by atoms with Crippen molar-refractivity contribution < 1.29 is 58.6 Å². The average molecular weight is 1330 g/mol. The Morgan fingerprint density at radius 1 is 0.649 bits per heavy atom. The second-order valence-electron chi connectivity index (χ2n) is 29.5. The lowest BCUT2D eigenvalue weighted by molar-refractivity contribution is -0.361. The smallest absolute Gasteiger partial charge is 0.217 e. The average Bonchev–Trinajstić information content (AvgIpc) is 1.33. The zero-order valence-electron chi connectivity index (χ0n) is 61.4. The minimum atomic E-state index is -1.50. The number of amides is 1. The van der Waals surface area contributed by atoms with Crippen molar-refractivity contribution in [1.82, 2.24) is 16.0 Å². The number of aliphatic hydroxyl groups is 4. The van der Waals surface area contributed by atoms with Crippen molar-refractivity contribution in [2.24, 2.45) is 63.4 Å². The van der Waals surface area contributed by atoms with Crippen LogP contribution in [0.25, 0.3) is 0 Å². The maximum absolute atomic E-state index is 15.9. The van der Waals surface area contributed by atoms with Gasteiger partial charge in [-0.2, -0.15) is 0 Å². The molecule has 548 valence electrons. The van der Waals surface area contributed by atoms with Crippen LogP contribution in [0.2, 0.25) is 0 Å². The number of carbonyl (C=O) groups is 4. The summed E-state index contributed by atoms with van der Waals surface area (Å²) in [6, 6.07) is -3.73. The summed E-state index contributed by atoms with van der Waals surface area (Å²) in [5, 5.41) is 71.2. The van der Waals surface area contributed by atoms with Gasteiger partial charge in [-0.05, 0) is 153 Å². The Kier molecular flexibility index (Phi) is 36.9. The van der Waals surface area contributed by atoms with Crippen LogP contribution in [-0.2, 0) is 38.1 Å². The van der Waals surface area contributed by atoms with Crippen LogP contribution in [0.5, 0.6) is 0 Å². The van der Waals surface area contributed by atoms with E-state index in [-0.39, 0.29) is 47.9 Å². The van der Waals surface area contributed by atoms with E-state index >= 15 is 9.59 Å². The summed E-state index contributed by atoms with van der Waals surface area (Å²) in [5.41, 5.74) is 18.3. The molecule has 0 aromatic rings. The van der Waals surface area contributed by atoms with Crippen molar-refractivity contribution >= 4 is 29.0 Å². The highest BCUT2D eigenvalue weighted by molar-refractivity contribution is 6.05. The van der Waals surface area contributed by atoms with Crippen molar-refractivity contribution in [2.75, 3.05) is 32.8 Å². The molecule has 2 aliphatic heterocycles. The van der Waals surface area contributed by atoms with E-state index in [0.717, 1.165) is 38.5 Å². The molecule has 0 spiro atoms. The molecule has 0 aromatic carbocycles. The highest BCUT2D eigenvalue weighted by Crippen LogP contribution is 2.66. The number of hydrogen-bond acceptors (Lipinski definition) is 19. The molecule has 1 amide bonds. The number of Topliss-reactive ketones (excluding diaryl/α,β-unsaturated/α-hetero) is 3. The largest absolute Gasteiger partial charge is 0.394 e. The van der Waals surface area contributed by atoms with Gasteiger partial charge in [0.05, 0.1) is 84.0 Å². The molecule has 3 rings (SSSR count). The van der Waals surface area contributed by atoms with Gasteiger partial charge in [-0.3, -0.25) is 29.8 Å². The first-order chi connectivity index (χ1) is 44.6. The van der Waals surface area contributed by atoms with Gasteiger partial charge in [-0.15, -0.1) is 6.58 Å². The van der Waals surface area contributed by atoms with Crippen LogP contribution < -0.4 is 38.9 Å². The van der Waals surface area contributed by atoms with Gasteiger partial charge in [0.1, 0.15) is 6.04 Å². The molecule has 20 nitrogen and oxygen atoms in total. The van der Waals surface area contributed by atoms with Crippen molar-refractivity contribution in [3.63, 3.8) is 0 Å². The fraction of sp³-hybridized carbons (Fsp3) is 0.905. The second-order valence-corrected chi connectivity index (χ2v) is 29.5. The van der Waals surface area contributed by atoms with Gasteiger partial charge < -0.3 is 73.0 Å². The number of nitrogens with two attached hydrogens (primary N) is 4. The van der Waals surface area contributed by atoms with Gasteiger partial charge in [0, 0.05) is 36.3 Å². The fourth-order valence-corrected chi connectivity index (χ4v) is 17.6. The Bertz CT molecular complexity index is 2270. The lowest BCUT2D eigenvalue weighted by atomic mass is 9.50. The van der Waals surface area contributed by atoms with Crippen LogP contribution in [-0.4, -0.2) is 166 Å². The van der Waals surface area contributed by atoms with Crippen molar-refractivity contribution in [3.05, 3.63) is 12.7 Å². The highest BCUT2D eigenvalue weighted by atomic mass is 16.7. The number of carbonyl (C=O) groups excluding carboxylic acids is 4. The molecule has 0 radical (unpaired) electrons. The molecule has 16 N–H and O–H groups in total. The van der Waals surface area contributed by atoms with Crippen LogP contribution in [0.4, 0.5) is 0 Å². The van der Waals surface area contributed by atoms with Crippen molar-refractivity contribution in [1.29, 1.82) is 5.41 Å². The lowest BCUT2D eigenvalue weighted by Gasteiger charge is -2.63. The summed E-state index contributed by atoms with van der Waals surface area (Å²) in [6.07, 6.45) is 8.86.